The van der Waals surface area contributed by atoms with Crippen LogP contribution in [0, 0.1) is 6.92 Å². The lowest BCUT2D eigenvalue weighted by Gasteiger charge is -2.34. The quantitative estimate of drug-likeness (QED) is 0.174. The standard InChI is InChI=1S/C37H43N3O6S/c1-6-28(3)38-37(42)34(24-29-14-8-7-9-15-29)39(25-30-16-12-13-27(2)23-30)36(41)26-40(33-17-10-11-18-35(33)46-5)47(43,44)32-21-19-31(45-4)20-22-32/h7-23,28,34H,6,24-26H2,1-5H3,(H,38,42)/t28-,34-/m0/s1. The van der Waals surface area contributed by atoms with Crippen molar-refractivity contribution in [3.05, 3.63) is 120 Å². The molecule has 0 unspecified atom stereocenters. The molecule has 0 spiro atoms. The summed E-state index contributed by atoms with van der Waals surface area (Å²) in [6, 6.07) is 28.7. The Kier molecular flexibility index (Phi) is 12.0. The number of anilines is 1. The highest BCUT2D eigenvalue weighted by molar-refractivity contribution is 7.92. The fraction of sp³-hybridized carbons (Fsp3) is 0.297. The van der Waals surface area contributed by atoms with E-state index >= 15 is 0 Å². The summed E-state index contributed by atoms with van der Waals surface area (Å²) in [5, 5.41) is 3.06. The first-order chi connectivity index (χ1) is 22.6. The molecular formula is C37H43N3O6S. The monoisotopic (exact) mass is 657 g/mol. The largest absolute Gasteiger partial charge is 0.497 e. The van der Waals surface area contributed by atoms with Crippen LogP contribution in [-0.2, 0) is 32.6 Å². The average Bonchev–Trinajstić information content (AvgIpc) is 3.08. The number of nitrogens with zero attached hydrogens (tertiary/aromatic N) is 2. The van der Waals surface area contributed by atoms with Gasteiger partial charge in [0.15, 0.2) is 0 Å². The minimum absolute atomic E-state index is 0.0300. The van der Waals surface area contributed by atoms with Gasteiger partial charge in [-0.2, -0.15) is 0 Å². The Morgan fingerprint density at radius 3 is 2.13 bits per heavy atom. The maximum Gasteiger partial charge on any atom is 0.264 e. The predicted molar refractivity (Wildman–Crippen MR) is 184 cm³/mol. The summed E-state index contributed by atoms with van der Waals surface area (Å²) < 4.78 is 40.5. The Hall–Kier alpha value is -4.83. The zero-order valence-electron chi connectivity index (χ0n) is 27.6. The van der Waals surface area contributed by atoms with E-state index in [1.165, 1.54) is 31.3 Å². The predicted octanol–water partition coefficient (Wildman–Crippen LogP) is 5.76. The third kappa shape index (κ3) is 8.92. The van der Waals surface area contributed by atoms with Crippen LogP contribution in [0.3, 0.4) is 0 Å². The molecular weight excluding hydrogens is 614 g/mol. The van der Waals surface area contributed by atoms with Gasteiger partial charge in [0.1, 0.15) is 24.1 Å². The Bertz CT molecular complexity index is 1750. The van der Waals surface area contributed by atoms with Gasteiger partial charge in [0, 0.05) is 19.0 Å². The van der Waals surface area contributed by atoms with Crippen molar-refractivity contribution >= 4 is 27.5 Å². The first-order valence-corrected chi connectivity index (χ1v) is 17.0. The van der Waals surface area contributed by atoms with E-state index in [4.69, 9.17) is 9.47 Å². The highest BCUT2D eigenvalue weighted by Gasteiger charge is 2.35. The van der Waals surface area contributed by atoms with E-state index < -0.39 is 28.5 Å². The number of methoxy groups -OCH3 is 2. The molecule has 248 valence electrons. The summed E-state index contributed by atoms with van der Waals surface area (Å²) in [6.07, 6.45) is 0.942. The van der Waals surface area contributed by atoms with Crippen molar-refractivity contribution in [3.63, 3.8) is 0 Å². The van der Waals surface area contributed by atoms with Gasteiger partial charge in [-0.05, 0) is 67.8 Å². The second-order valence-corrected chi connectivity index (χ2v) is 13.3. The number of amides is 2. The lowest BCUT2D eigenvalue weighted by atomic mass is 10.0. The van der Waals surface area contributed by atoms with Crippen LogP contribution in [0.4, 0.5) is 5.69 Å². The van der Waals surface area contributed by atoms with Crippen LogP contribution in [0.2, 0.25) is 0 Å². The molecule has 1 N–H and O–H groups in total. The Morgan fingerprint density at radius 2 is 1.49 bits per heavy atom. The maximum atomic E-state index is 14.7. The van der Waals surface area contributed by atoms with Gasteiger partial charge in [-0.1, -0.05) is 79.2 Å². The molecule has 9 nitrogen and oxygen atoms in total. The van der Waals surface area contributed by atoms with Crippen LogP contribution in [-0.4, -0.2) is 58.0 Å². The van der Waals surface area contributed by atoms with Gasteiger partial charge in [-0.3, -0.25) is 13.9 Å². The number of carbonyl (C=O) groups is 2. The first kappa shape index (κ1) is 35.0. The van der Waals surface area contributed by atoms with Crippen molar-refractivity contribution in [2.24, 2.45) is 0 Å². The molecule has 47 heavy (non-hydrogen) atoms. The molecule has 0 saturated heterocycles. The third-order valence-corrected chi connectivity index (χ3v) is 9.76. The molecule has 0 fully saturated rings. The number of para-hydroxylation sites is 2. The summed E-state index contributed by atoms with van der Waals surface area (Å²) in [4.78, 5) is 30.1. The summed E-state index contributed by atoms with van der Waals surface area (Å²) in [5.41, 5.74) is 2.87. The van der Waals surface area contributed by atoms with E-state index in [2.05, 4.69) is 5.32 Å². The molecule has 4 rings (SSSR count). The topological polar surface area (TPSA) is 105 Å². The van der Waals surface area contributed by atoms with Crippen LogP contribution in [0.15, 0.2) is 108 Å². The van der Waals surface area contributed by atoms with Crippen LogP contribution < -0.4 is 19.1 Å². The van der Waals surface area contributed by atoms with Crippen molar-refractivity contribution < 1.29 is 27.5 Å². The van der Waals surface area contributed by atoms with E-state index in [1.807, 2.05) is 75.4 Å². The molecule has 10 heteroatoms. The summed E-state index contributed by atoms with van der Waals surface area (Å²) >= 11 is 0. The fourth-order valence-electron chi connectivity index (χ4n) is 5.23. The van der Waals surface area contributed by atoms with E-state index in [-0.39, 0.29) is 41.2 Å². The number of ether oxygens (including phenoxy) is 2. The lowest BCUT2D eigenvalue weighted by Crippen LogP contribution is -2.54. The Morgan fingerprint density at radius 1 is 0.830 bits per heavy atom. The first-order valence-electron chi connectivity index (χ1n) is 15.6. The van der Waals surface area contributed by atoms with Gasteiger partial charge >= 0.3 is 0 Å². The average molecular weight is 658 g/mol. The van der Waals surface area contributed by atoms with E-state index in [0.29, 0.717) is 12.2 Å². The maximum absolute atomic E-state index is 14.7. The molecule has 0 radical (unpaired) electrons. The van der Waals surface area contributed by atoms with Crippen molar-refractivity contribution in [1.29, 1.82) is 0 Å². The molecule has 0 aliphatic carbocycles. The van der Waals surface area contributed by atoms with Gasteiger partial charge in [0.05, 0.1) is 24.8 Å². The summed E-state index contributed by atoms with van der Waals surface area (Å²) in [6.45, 7) is 5.35. The Balaban J connectivity index is 1.84. The van der Waals surface area contributed by atoms with Crippen LogP contribution in [0.5, 0.6) is 11.5 Å². The fourth-order valence-corrected chi connectivity index (χ4v) is 6.65. The zero-order valence-corrected chi connectivity index (χ0v) is 28.4. The third-order valence-electron chi connectivity index (χ3n) is 7.99. The van der Waals surface area contributed by atoms with Gasteiger partial charge in [0.25, 0.3) is 10.0 Å². The van der Waals surface area contributed by atoms with Crippen LogP contribution in [0.1, 0.15) is 37.0 Å². The molecule has 2 atom stereocenters. The molecule has 4 aromatic carbocycles. The normalized spacial score (nSPS) is 12.4. The number of aryl methyl sites for hydroxylation is 1. The van der Waals surface area contributed by atoms with Crippen molar-refractivity contribution in [2.75, 3.05) is 25.1 Å². The molecule has 0 bridgehead atoms. The number of rotatable bonds is 15. The highest BCUT2D eigenvalue weighted by Crippen LogP contribution is 2.33. The smallest absolute Gasteiger partial charge is 0.264 e. The zero-order chi connectivity index (χ0) is 34.0. The minimum atomic E-state index is -4.30. The van der Waals surface area contributed by atoms with E-state index in [0.717, 1.165) is 21.0 Å². The van der Waals surface area contributed by atoms with E-state index in [9.17, 15) is 18.0 Å². The van der Waals surface area contributed by atoms with E-state index in [1.54, 1.807) is 36.4 Å². The number of hydrogen-bond donors (Lipinski definition) is 1. The van der Waals surface area contributed by atoms with Crippen LogP contribution >= 0.6 is 0 Å². The molecule has 0 saturated carbocycles. The van der Waals surface area contributed by atoms with Gasteiger partial charge < -0.3 is 19.7 Å². The molecule has 0 aliphatic heterocycles. The van der Waals surface area contributed by atoms with Gasteiger partial charge in [-0.15, -0.1) is 0 Å². The molecule has 0 heterocycles. The minimum Gasteiger partial charge on any atom is -0.497 e. The lowest BCUT2D eigenvalue weighted by molar-refractivity contribution is -0.140. The second kappa shape index (κ2) is 16.1. The van der Waals surface area contributed by atoms with Crippen molar-refractivity contribution in [2.45, 2.75) is 57.1 Å². The van der Waals surface area contributed by atoms with Crippen molar-refractivity contribution in [3.8, 4) is 11.5 Å². The number of benzene rings is 4. The highest BCUT2D eigenvalue weighted by atomic mass is 32.2. The van der Waals surface area contributed by atoms with Crippen molar-refractivity contribution in [1.82, 2.24) is 10.2 Å². The number of sulfonamides is 1. The van der Waals surface area contributed by atoms with Gasteiger partial charge in [-0.25, -0.2) is 8.42 Å². The second-order valence-electron chi connectivity index (χ2n) is 11.4. The number of nitrogens with one attached hydrogen (secondary N) is 1. The molecule has 4 aromatic rings. The number of carbonyl (C=O) groups excluding carboxylic acids is 2. The van der Waals surface area contributed by atoms with Gasteiger partial charge in [0.2, 0.25) is 11.8 Å². The molecule has 0 aliphatic rings. The summed E-state index contributed by atoms with van der Waals surface area (Å²) in [7, 11) is -1.36. The molecule has 0 aromatic heterocycles. The number of hydrogen-bond acceptors (Lipinski definition) is 6. The Labute approximate surface area is 278 Å². The SMILES string of the molecule is CC[C@H](C)NC(=O)[C@H](Cc1ccccc1)N(Cc1cccc(C)c1)C(=O)CN(c1ccccc1OC)S(=O)(=O)c1ccc(OC)cc1. The van der Waals surface area contributed by atoms with Crippen LogP contribution in [0.25, 0.3) is 0 Å². The summed E-state index contributed by atoms with van der Waals surface area (Å²) in [5.74, 6) is -0.0944. The molecule has 2 amide bonds.